The zero-order valence-corrected chi connectivity index (χ0v) is 9.48. The zero-order chi connectivity index (χ0) is 11.2. The smallest absolute Gasteiger partial charge is 0.158 e. The van der Waals surface area contributed by atoms with Gasteiger partial charge in [-0.15, -0.1) is 0 Å². The molecule has 0 aromatic carbocycles. The molecule has 1 aliphatic carbocycles. The van der Waals surface area contributed by atoms with Crippen molar-refractivity contribution in [1.29, 1.82) is 0 Å². The van der Waals surface area contributed by atoms with E-state index in [-0.39, 0.29) is 5.54 Å². The summed E-state index contributed by atoms with van der Waals surface area (Å²) in [6.07, 6.45) is 10.0. The van der Waals surface area contributed by atoms with Crippen LogP contribution in [0, 0.1) is 0 Å². The van der Waals surface area contributed by atoms with Crippen LogP contribution in [0.5, 0.6) is 0 Å². The van der Waals surface area contributed by atoms with Gasteiger partial charge in [0.2, 0.25) is 0 Å². The summed E-state index contributed by atoms with van der Waals surface area (Å²) in [7, 11) is 2.01. The normalized spacial score (nSPS) is 17.9. The van der Waals surface area contributed by atoms with Crippen molar-refractivity contribution in [3.05, 3.63) is 24.2 Å². The molecule has 0 atom stereocenters. The molecule has 84 valence electrons. The third kappa shape index (κ3) is 1.59. The van der Waals surface area contributed by atoms with Crippen LogP contribution in [0.25, 0.3) is 11.2 Å². The third-order valence-electron chi connectivity index (χ3n) is 3.45. The van der Waals surface area contributed by atoms with Crippen LogP contribution < -0.4 is 5.73 Å². The van der Waals surface area contributed by atoms with Gasteiger partial charge in [-0.3, -0.25) is 4.98 Å². The van der Waals surface area contributed by atoms with E-state index < -0.39 is 0 Å². The quantitative estimate of drug-likeness (QED) is 0.843. The number of nitrogens with two attached hydrogens (primary N) is 1. The Balaban J connectivity index is 1.91. The number of aryl methyl sites for hydroxylation is 2. The zero-order valence-electron chi connectivity index (χ0n) is 9.48. The SMILES string of the molecule is Cn1cc(CCC2(N)CC2)c2nccnc21. The van der Waals surface area contributed by atoms with E-state index in [0.717, 1.165) is 24.0 Å². The van der Waals surface area contributed by atoms with Crippen molar-refractivity contribution in [2.75, 3.05) is 0 Å². The van der Waals surface area contributed by atoms with Gasteiger partial charge in [-0.25, -0.2) is 4.98 Å². The van der Waals surface area contributed by atoms with Gasteiger partial charge in [0.25, 0.3) is 0 Å². The summed E-state index contributed by atoms with van der Waals surface area (Å²) < 4.78 is 2.04. The molecule has 0 amide bonds. The van der Waals surface area contributed by atoms with Gasteiger partial charge in [0, 0.05) is 31.2 Å². The molecule has 0 radical (unpaired) electrons. The minimum atomic E-state index is 0.115. The standard InChI is InChI=1S/C12H16N4/c1-16-8-9(2-3-12(13)4-5-12)10-11(16)15-7-6-14-10/h6-8H,2-5,13H2,1H3. The fourth-order valence-corrected chi connectivity index (χ4v) is 2.15. The molecule has 2 heterocycles. The molecular weight excluding hydrogens is 200 g/mol. The average molecular weight is 216 g/mol. The Morgan fingerprint density at radius 1 is 1.38 bits per heavy atom. The Bertz CT molecular complexity index is 525. The second kappa shape index (κ2) is 3.28. The number of rotatable bonds is 3. The van der Waals surface area contributed by atoms with E-state index in [1.165, 1.54) is 18.4 Å². The molecule has 0 aliphatic heterocycles. The molecule has 0 unspecified atom stereocenters. The Kier molecular flexibility index (Phi) is 2.01. The van der Waals surface area contributed by atoms with Crippen molar-refractivity contribution in [3.63, 3.8) is 0 Å². The summed E-state index contributed by atoms with van der Waals surface area (Å²) >= 11 is 0. The maximum atomic E-state index is 6.10. The van der Waals surface area contributed by atoms with Crippen LogP contribution in [0.2, 0.25) is 0 Å². The molecule has 1 fully saturated rings. The Hall–Kier alpha value is -1.42. The Morgan fingerprint density at radius 2 is 2.12 bits per heavy atom. The molecule has 3 rings (SSSR count). The van der Waals surface area contributed by atoms with Gasteiger partial charge >= 0.3 is 0 Å². The van der Waals surface area contributed by atoms with Gasteiger partial charge in [0.1, 0.15) is 5.52 Å². The molecule has 2 aromatic heterocycles. The first-order valence-corrected chi connectivity index (χ1v) is 5.72. The molecule has 1 saturated carbocycles. The highest BCUT2D eigenvalue weighted by molar-refractivity contribution is 5.75. The molecule has 4 nitrogen and oxygen atoms in total. The lowest BCUT2D eigenvalue weighted by Gasteiger charge is -2.06. The summed E-state index contributed by atoms with van der Waals surface area (Å²) in [6, 6.07) is 0. The topological polar surface area (TPSA) is 56.7 Å². The predicted molar refractivity (Wildman–Crippen MR) is 63.0 cm³/mol. The first kappa shape index (κ1) is 9.78. The molecule has 16 heavy (non-hydrogen) atoms. The van der Waals surface area contributed by atoms with Gasteiger partial charge in [0.05, 0.1) is 0 Å². The Labute approximate surface area is 94.5 Å². The molecule has 0 saturated heterocycles. The molecular formula is C12H16N4. The summed E-state index contributed by atoms with van der Waals surface area (Å²) in [5, 5.41) is 0. The predicted octanol–water partition coefficient (Wildman–Crippen LogP) is 1.39. The van der Waals surface area contributed by atoms with Gasteiger partial charge in [-0.2, -0.15) is 0 Å². The van der Waals surface area contributed by atoms with E-state index >= 15 is 0 Å². The second-order valence-corrected chi connectivity index (χ2v) is 4.86. The lowest BCUT2D eigenvalue weighted by molar-refractivity contribution is 0.610. The lowest BCUT2D eigenvalue weighted by atomic mass is 10.1. The summed E-state index contributed by atoms with van der Waals surface area (Å²) in [5.74, 6) is 0. The summed E-state index contributed by atoms with van der Waals surface area (Å²) in [5.41, 5.74) is 9.46. The van der Waals surface area contributed by atoms with Crippen molar-refractivity contribution >= 4 is 11.2 Å². The van der Waals surface area contributed by atoms with Crippen LogP contribution in [0.15, 0.2) is 18.6 Å². The van der Waals surface area contributed by atoms with Crippen LogP contribution in [0.4, 0.5) is 0 Å². The van der Waals surface area contributed by atoms with Crippen molar-refractivity contribution < 1.29 is 0 Å². The maximum Gasteiger partial charge on any atom is 0.158 e. The first-order valence-electron chi connectivity index (χ1n) is 5.72. The van der Waals surface area contributed by atoms with E-state index in [1.807, 2.05) is 11.6 Å². The van der Waals surface area contributed by atoms with E-state index in [2.05, 4.69) is 16.2 Å². The minimum absolute atomic E-state index is 0.115. The monoisotopic (exact) mass is 216 g/mol. The van der Waals surface area contributed by atoms with Gasteiger partial charge in [-0.05, 0) is 31.2 Å². The fourth-order valence-electron chi connectivity index (χ4n) is 2.15. The molecule has 1 aliphatic rings. The minimum Gasteiger partial charge on any atom is -0.334 e. The number of hydrogen-bond acceptors (Lipinski definition) is 3. The van der Waals surface area contributed by atoms with Crippen molar-refractivity contribution in [1.82, 2.24) is 14.5 Å². The van der Waals surface area contributed by atoms with E-state index in [0.29, 0.717) is 0 Å². The van der Waals surface area contributed by atoms with E-state index in [9.17, 15) is 0 Å². The molecule has 2 aromatic rings. The first-order chi connectivity index (χ1) is 7.68. The highest BCUT2D eigenvalue weighted by Gasteiger charge is 2.37. The lowest BCUT2D eigenvalue weighted by Crippen LogP contribution is -2.22. The fraction of sp³-hybridized carbons (Fsp3) is 0.500. The number of nitrogens with zero attached hydrogens (tertiary/aromatic N) is 3. The highest BCUT2D eigenvalue weighted by atomic mass is 15.0. The van der Waals surface area contributed by atoms with Gasteiger partial charge in [0.15, 0.2) is 5.65 Å². The Morgan fingerprint density at radius 3 is 2.88 bits per heavy atom. The van der Waals surface area contributed by atoms with Crippen LogP contribution in [-0.2, 0) is 13.5 Å². The number of hydrogen-bond donors (Lipinski definition) is 1. The average Bonchev–Trinajstić information content (AvgIpc) is 2.94. The molecule has 0 spiro atoms. The van der Waals surface area contributed by atoms with Crippen LogP contribution >= 0.6 is 0 Å². The van der Waals surface area contributed by atoms with Crippen LogP contribution in [0.3, 0.4) is 0 Å². The van der Waals surface area contributed by atoms with Gasteiger partial charge in [-0.1, -0.05) is 0 Å². The van der Waals surface area contributed by atoms with E-state index in [1.54, 1.807) is 12.4 Å². The molecule has 2 N–H and O–H groups in total. The molecule has 0 bridgehead atoms. The summed E-state index contributed by atoms with van der Waals surface area (Å²) in [4.78, 5) is 8.73. The summed E-state index contributed by atoms with van der Waals surface area (Å²) in [6.45, 7) is 0. The second-order valence-electron chi connectivity index (χ2n) is 4.86. The maximum absolute atomic E-state index is 6.10. The van der Waals surface area contributed by atoms with Crippen molar-refractivity contribution in [2.24, 2.45) is 12.8 Å². The van der Waals surface area contributed by atoms with E-state index in [4.69, 9.17) is 5.73 Å². The number of aromatic nitrogens is 3. The van der Waals surface area contributed by atoms with Crippen molar-refractivity contribution in [2.45, 2.75) is 31.2 Å². The number of fused-ring (bicyclic) bond motifs is 1. The van der Waals surface area contributed by atoms with Crippen LogP contribution in [0.1, 0.15) is 24.8 Å². The van der Waals surface area contributed by atoms with Crippen molar-refractivity contribution in [3.8, 4) is 0 Å². The largest absolute Gasteiger partial charge is 0.334 e. The van der Waals surface area contributed by atoms with Crippen LogP contribution in [-0.4, -0.2) is 20.1 Å². The highest BCUT2D eigenvalue weighted by Crippen LogP contribution is 2.37. The third-order valence-corrected chi connectivity index (χ3v) is 3.45. The van der Waals surface area contributed by atoms with Gasteiger partial charge < -0.3 is 10.3 Å². The molecule has 4 heteroatoms.